The molecule has 0 radical (unpaired) electrons. The highest BCUT2D eigenvalue weighted by Crippen LogP contribution is 2.38. The average Bonchev–Trinajstić information content (AvgIpc) is 2.39. The molecule has 2 unspecified atom stereocenters. The van der Waals surface area contributed by atoms with Crippen LogP contribution in [0, 0.1) is 5.92 Å². The van der Waals surface area contributed by atoms with Crippen molar-refractivity contribution in [3.63, 3.8) is 0 Å². The maximum Gasteiger partial charge on any atom is 0.349 e. The van der Waals surface area contributed by atoms with Gasteiger partial charge < -0.3 is 14.6 Å². The lowest BCUT2D eigenvalue weighted by atomic mass is 9.75. The first-order chi connectivity index (χ1) is 9.35. The highest BCUT2D eigenvalue weighted by atomic mass is 16.6. The fraction of sp³-hybridized carbons (Fsp3) is 0.643. The van der Waals surface area contributed by atoms with E-state index in [0.29, 0.717) is 19.3 Å². The van der Waals surface area contributed by atoms with Gasteiger partial charge in [0.05, 0.1) is 6.61 Å². The molecule has 6 nitrogen and oxygen atoms in total. The van der Waals surface area contributed by atoms with Crippen molar-refractivity contribution < 1.29 is 29.0 Å². The summed E-state index contributed by atoms with van der Waals surface area (Å²) in [7, 11) is 0. The molecule has 1 N–H and O–H groups in total. The molecule has 0 aromatic heterocycles. The van der Waals surface area contributed by atoms with Crippen LogP contribution >= 0.6 is 0 Å². The Morgan fingerprint density at radius 1 is 1.35 bits per heavy atom. The van der Waals surface area contributed by atoms with Crippen LogP contribution in [0.5, 0.6) is 0 Å². The van der Waals surface area contributed by atoms with Crippen molar-refractivity contribution in [1.29, 1.82) is 0 Å². The van der Waals surface area contributed by atoms with Crippen LogP contribution in [0.15, 0.2) is 12.2 Å². The maximum atomic E-state index is 12.0. The molecule has 0 spiro atoms. The van der Waals surface area contributed by atoms with Gasteiger partial charge in [-0.3, -0.25) is 4.79 Å². The molecule has 20 heavy (non-hydrogen) atoms. The molecule has 2 atom stereocenters. The molecule has 0 saturated heterocycles. The van der Waals surface area contributed by atoms with Crippen molar-refractivity contribution in [2.45, 2.75) is 45.1 Å². The molecule has 1 fully saturated rings. The van der Waals surface area contributed by atoms with Crippen LogP contribution in [0.1, 0.15) is 39.5 Å². The number of hydrogen-bond donors (Lipinski definition) is 1. The van der Waals surface area contributed by atoms with Crippen LogP contribution in [0.25, 0.3) is 0 Å². The van der Waals surface area contributed by atoms with Gasteiger partial charge in [0.15, 0.2) is 0 Å². The zero-order chi connectivity index (χ0) is 15.3. The Morgan fingerprint density at radius 2 is 2.00 bits per heavy atom. The molecule has 0 aromatic carbocycles. The first-order valence-electron chi connectivity index (χ1n) is 6.64. The third kappa shape index (κ3) is 3.18. The van der Waals surface area contributed by atoms with Gasteiger partial charge in [-0.15, -0.1) is 0 Å². The highest BCUT2D eigenvalue weighted by molar-refractivity contribution is 5.93. The summed E-state index contributed by atoms with van der Waals surface area (Å²) in [6.07, 6.45) is 1.70. The van der Waals surface area contributed by atoms with E-state index < -0.39 is 29.4 Å². The van der Waals surface area contributed by atoms with Crippen molar-refractivity contribution in [3.8, 4) is 0 Å². The Morgan fingerprint density at radius 3 is 2.50 bits per heavy atom. The van der Waals surface area contributed by atoms with Crippen molar-refractivity contribution >= 4 is 17.9 Å². The molecule has 1 rings (SSSR count). The van der Waals surface area contributed by atoms with Crippen LogP contribution in [0.2, 0.25) is 0 Å². The van der Waals surface area contributed by atoms with E-state index >= 15 is 0 Å². The van der Waals surface area contributed by atoms with E-state index in [-0.39, 0.29) is 18.6 Å². The van der Waals surface area contributed by atoms with Crippen LogP contribution in [-0.2, 0) is 23.9 Å². The summed E-state index contributed by atoms with van der Waals surface area (Å²) in [6.45, 7) is 6.66. The van der Waals surface area contributed by atoms with Gasteiger partial charge in [0.2, 0.25) is 5.60 Å². The predicted molar refractivity (Wildman–Crippen MR) is 69.9 cm³/mol. The second kappa shape index (κ2) is 6.54. The van der Waals surface area contributed by atoms with Gasteiger partial charge in [0.25, 0.3) is 0 Å². The van der Waals surface area contributed by atoms with Gasteiger partial charge in [-0.2, -0.15) is 0 Å². The Bertz CT molecular complexity index is 427. The minimum absolute atomic E-state index is 0.0961. The highest BCUT2D eigenvalue weighted by Gasteiger charge is 2.55. The molecule has 1 aliphatic rings. The Kier molecular flexibility index (Phi) is 5.30. The number of carboxylic acid groups (broad SMARTS) is 1. The molecular formula is C14H20O6. The second-order valence-corrected chi connectivity index (χ2v) is 4.91. The van der Waals surface area contributed by atoms with Crippen molar-refractivity contribution in [3.05, 3.63) is 12.2 Å². The summed E-state index contributed by atoms with van der Waals surface area (Å²) >= 11 is 0. The molecule has 1 saturated carbocycles. The molecule has 0 bridgehead atoms. The summed E-state index contributed by atoms with van der Waals surface area (Å²) in [4.78, 5) is 35.3. The number of carbonyl (C=O) groups is 3. The third-order valence-corrected chi connectivity index (χ3v) is 3.41. The Labute approximate surface area is 117 Å². The number of carbonyl (C=O) groups excluding carboxylic acids is 2. The summed E-state index contributed by atoms with van der Waals surface area (Å²) in [5.74, 6) is -3.73. The smallest absolute Gasteiger partial charge is 0.349 e. The minimum atomic E-state index is -1.85. The number of ether oxygens (including phenoxy) is 2. The van der Waals surface area contributed by atoms with Gasteiger partial charge in [-0.05, 0) is 33.1 Å². The zero-order valence-corrected chi connectivity index (χ0v) is 11.8. The van der Waals surface area contributed by atoms with Gasteiger partial charge >= 0.3 is 17.9 Å². The van der Waals surface area contributed by atoms with E-state index in [4.69, 9.17) is 9.47 Å². The summed E-state index contributed by atoms with van der Waals surface area (Å²) < 4.78 is 10.1. The third-order valence-electron chi connectivity index (χ3n) is 3.41. The quantitative estimate of drug-likeness (QED) is 0.610. The minimum Gasteiger partial charge on any atom is -0.478 e. The summed E-state index contributed by atoms with van der Waals surface area (Å²) in [5.41, 5.74) is -1.75. The second-order valence-electron chi connectivity index (χ2n) is 4.91. The SMILES string of the molecule is C=C(C)C(=O)OC1(C(=O)O)CCCCC1C(=O)OCC. The monoisotopic (exact) mass is 284 g/mol. The molecular weight excluding hydrogens is 264 g/mol. The van der Waals surface area contributed by atoms with Gasteiger partial charge in [0, 0.05) is 5.57 Å². The van der Waals surface area contributed by atoms with Gasteiger partial charge in [0.1, 0.15) is 5.92 Å². The molecule has 0 amide bonds. The van der Waals surface area contributed by atoms with E-state index in [1.54, 1.807) is 6.92 Å². The number of carboxylic acids is 1. The van der Waals surface area contributed by atoms with Gasteiger partial charge in [-0.25, -0.2) is 9.59 Å². The van der Waals surface area contributed by atoms with E-state index in [9.17, 15) is 19.5 Å². The predicted octanol–water partition coefficient (Wildman–Crippen LogP) is 1.68. The zero-order valence-electron chi connectivity index (χ0n) is 11.8. The lowest BCUT2D eigenvalue weighted by Crippen LogP contribution is -2.54. The number of esters is 2. The first kappa shape index (κ1) is 16.2. The van der Waals surface area contributed by atoms with Gasteiger partial charge in [-0.1, -0.05) is 13.0 Å². The topological polar surface area (TPSA) is 89.9 Å². The summed E-state index contributed by atoms with van der Waals surface area (Å²) in [5, 5.41) is 9.49. The van der Waals surface area contributed by atoms with Crippen molar-refractivity contribution in [2.75, 3.05) is 6.61 Å². The normalized spacial score (nSPS) is 25.6. The summed E-state index contributed by atoms with van der Waals surface area (Å²) in [6, 6.07) is 0. The standard InChI is InChI=1S/C14H20O6/c1-4-19-12(16)10-7-5-6-8-14(10,13(17)18)20-11(15)9(2)3/h10H,2,4-8H2,1,3H3,(H,17,18). The average molecular weight is 284 g/mol. The molecule has 0 aliphatic heterocycles. The van der Waals surface area contributed by atoms with E-state index in [0.717, 1.165) is 0 Å². The van der Waals surface area contributed by atoms with Crippen molar-refractivity contribution in [1.82, 2.24) is 0 Å². The van der Waals surface area contributed by atoms with E-state index in [2.05, 4.69) is 6.58 Å². The molecule has 0 aromatic rings. The van der Waals surface area contributed by atoms with Crippen LogP contribution in [0.3, 0.4) is 0 Å². The lowest BCUT2D eigenvalue weighted by Gasteiger charge is -2.38. The fourth-order valence-corrected chi connectivity index (χ4v) is 2.37. The van der Waals surface area contributed by atoms with E-state index in [1.165, 1.54) is 6.92 Å². The van der Waals surface area contributed by atoms with Crippen molar-refractivity contribution in [2.24, 2.45) is 5.92 Å². The molecule has 6 heteroatoms. The van der Waals surface area contributed by atoms with Crippen LogP contribution in [0.4, 0.5) is 0 Å². The molecule has 0 heterocycles. The van der Waals surface area contributed by atoms with Crippen LogP contribution < -0.4 is 0 Å². The molecule has 1 aliphatic carbocycles. The number of hydrogen-bond acceptors (Lipinski definition) is 5. The Balaban J connectivity index is 3.10. The lowest BCUT2D eigenvalue weighted by molar-refractivity contribution is -0.194. The largest absolute Gasteiger partial charge is 0.478 e. The number of rotatable bonds is 5. The van der Waals surface area contributed by atoms with Crippen LogP contribution in [-0.4, -0.2) is 35.2 Å². The number of aliphatic carboxylic acids is 1. The Hall–Kier alpha value is -1.85. The molecule has 112 valence electrons. The fourth-order valence-electron chi connectivity index (χ4n) is 2.37. The maximum absolute atomic E-state index is 12.0. The first-order valence-corrected chi connectivity index (χ1v) is 6.64. The van der Waals surface area contributed by atoms with E-state index in [1.807, 2.05) is 0 Å².